The standard InChI is InChI=1S/C22H32N4O3/c1-14(2)9-19-18(21(28)24-16-5-3-4-6-16)10-17-12-25(13-20(27)26(17)19)22(29)15-7-8-23-11-15/h7-8,11,14,16-19,23H,3-6,9-10,12-13H2,1-2H3,(H,24,28)/t17-,18-,19-/m0/s1. The topological polar surface area (TPSA) is 85.5 Å². The zero-order chi connectivity index (χ0) is 20.5. The van der Waals surface area contributed by atoms with E-state index >= 15 is 0 Å². The highest BCUT2D eigenvalue weighted by Crippen LogP contribution is 2.37. The Morgan fingerprint density at radius 2 is 2.03 bits per heavy atom. The molecule has 1 saturated carbocycles. The molecule has 2 N–H and O–H groups in total. The molecular weight excluding hydrogens is 368 g/mol. The Morgan fingerprint density at radius 3 is 2.69 bits per heavy atom. The SMILES string of the molecule is CC(C)C[C@H]1[C@@H](C(=O)NC2CCCC2)C[C@H]2CN(C(=O)c3cc[nH]c3)CC(=O)N21. The molecule has 1 aromatic heterocycles. The molecule has 4 rings (SSSR count). The highest BCUT2D eigenvalue weighted by Gasteiger charge is 2.50. The Morgan fingerprint density at radius 1 is 1.28 bits per heavy atom. The van der Waals surface area contributed by atoms with Crippen molar-refractivity contribution >= 4 is 17.7 Å². The number of carbonyl (C=O) groups excluding carboxylic acids is 3. The minimum Gasteiger partial charge on any atom is -0.367 e. The van der Waals surface area contributed by atoms with Gasteiger partial charge >= 0.3 is 0 Å². The summed E-state index contributed by atoms with van der Waals surface area (Å²) in [5, 5.41) is 3.24. The van der Waals surface area contributed by atoms with Crippen LogP contribution in [0.1, 0.15) is 62.7 Å². The maximum atomic E-state index is 13.1. The van der Waals surface area contributed by atoms with Crippen LogP contribution in [0.3, 0.4) is 0 Å². The summed E-state index contributed by atoms with van der Waals surface area (Å²) in [6.45, 7) is 4.86. The van der Waals surface area contributed by atoms with Crippen molar-refractivity contribution in [1.82, 2.24) is 20.1 Å². The van der Waals surface area contributed by atoms with E-state index in [2.05, 4.69) is 24.1 Å². The first-order chi connectivity index (χ1) is 13.9. The minimum absolute atomic E-state index is 0.0352. The third kappa shape index (κ3) is 4.05. The zero-order valence-electron chi connectivity index (χ0n) is 17.4. The van der Waals surface area contributed by atoms with Crippen molar-refractivity contribution in [3.05, 3.63) is 24.0 Å². The van der Waals surface area contributed by atoms with Crippen LogP contribution in [-0.4, -0.2) is 63.7 Å². The van der Waals surface area contributed by atoms with Crippen LogP contribution < -0.4 is 5.32 Å². The second-order valence-corrected chi connectivity index (χ2v) is 9.27. The van der Waals surface area contributed by atoms with E-state index in [1.54, 1.807) is 23.4 Å². The fourth-order valence-corrected chi connectivity index (χ4v) is 5.36. The molecule has 0 spiro atoms. The van der Waals surface area contributed by atoms with Gasteiger partial charge in [-0.25, -0.2) is 0 Å². The van der Waals surface area contributed by atoms with Gasteiger partial charge in [-0.05, 0) is 37.7 Å². The number of fused-ring (bicyclic) bond motifs is 1. The van der Waals surface area contributed by atoms with Gasteiger partial charge in [0.15, 0.2) is 0 Å². The minimum atomic E-state index is -0.186. The molecular formula is C22H32N4O3. The van der Waals surface area contributed by atoms with Crippen LogP contribution in [0.15, 0.2) is 18.5 Å². The lowest BCUT2D eigenvalue weighted by Gasteiger charge is -2.40. The molecule has 7 heteroatoms. The lowest BCUT2D eigenvalue weighted by molar-refractivity contribution is -0.140. The quantitative estimate of drug-likeness (QED) is 0.794. The number of nitrogens with one attached hydrogen (secondary N) is 2. The second-order valence-electron chi connectivity index (χ2n) is 9.27. The monoisotopic (exact) mass is 400 g/mol. The normalized spacial score (nSPS) is 27.6. The maximum absolute atomic E-state index is 13.1. The van der Waals surface area contributed by atoms with Gasteiger partial charge in [0.25, 0.3) is 5.91 Å². The van der Waals surface area contributed by atoms with Gasteiger partial charge in [0, 0.05) is 31.0 Å². The molecule has 3 fully saturated rings. The van der Waals surface area contributed by atoms with E-state index in [-0.39, 0.29) is 48.3 Å². The third-order valence-electron chi connectivity index (χ3n) is 6.67. The lowest BCUT2D eigenvalue weighted by Crippen LogP contribution is -2.58. The molecule has 3 amide bonds. The number of aromatic nitrogens is 1. The first-order valence-corrected chi connectivity index (χ1v) is 11.0. The summed E-state index contributed by atoms with van der Waals surface area (Å²) >= 11 is 0. The van der Waals surface area contributed by atoms with Crippen LogP contribution in [0, 0.1) is 11.8 Å². The predicted octanol–water partition coefficient (Wildman–Crippen LogP) is 2.16. The largest absolute Gasteiger partial charge is 0.367 e. The predicted molar refractivity (Wildman–Crippen MR) is 109 cm³/mol. The highest BCUT2D eigenvalue weighted by molar-refractivity contribution is 5.97. The molecule has 0 bridgehead atoms. The number of aromatic amines is 1. The van der Waals surface area contributed by atoms with E-state index in [0.29, 0.717) is 24.4 Å². The summed E-state index contributed by atoms with van der Waals surface area (Å²) in [5.41, 5.74) is 0.568. The first kappa shape index (κ1) is 20.0. The summed E-state index contributed by atoms with van der Waals surface area (Å²) in [5.74, 6) is 0.140. The Bertz CT molecular complexity index is 754. The van der Waals surface area contributed by atoms with Gasteiger partial charge < -0.3 is 20.1 Å². The van der Waals surface area contributed by atoms with Crippen molar-refractivity contribution in [3.63, 3.8) is 0 Å². The molecule has 1 aromatic rings. The average Bonchev–Trinajstić information content (AvgIpc) is 3.41. The average molecular weight is 401 g/mol. The number of H-pyrrole nitrogens is 1. The molecule has 0 unspecified atom stereocenters. The first-order valence-electron chi connectivity index (χ1n) is 11.0. The molecule has 3 aliphatic rings. The van der Waals surface area contributed by atoms with E-state index in [9.17, 15) is 14.4 Å². The van der Waals surface area contributed by atoms with Gasteiger partial charge in [0.1, 0.15) is 6.54 Å². The van der Waals surface area contributed by atoms with Crippen LogP contribution in [0.5, 0.6) is 0 Å². The molecule has 0 radical (unpaired) electrons. The maximum Gasteiger partial charge on any atom is 0.255 e. The van der Waals surface area contributed by atoms with Crippen LogP contribution >= 0.6 is 0 Å². The second kappa shape index (κ2) is 8.20. The van der Waals surface area contributed by atoms with E-state index in [0.717, 1.165) is 19.3 Å². The summed E-state index contributed by atoms with van der Waals surface area (Å²) in [4.78, 5) is 45.4. The lowest BCUT2D eigenvalue weighted by atomic mass is 9.91. The fourth-order valence-electron chi connectivity index (χ4n) is 5.36. The van der Waals surface area contributed by atoms with Crippen LogP contribution in [-0.2, 0) is 9.59 Å². The van der Waals surface area contributed by atoms with Crippen LogP contribution in [0.25, 0.3) is 0 Å². The molecule has 3 atom stereocenters. The van der Waals surface area contributed by atoms with E-state index in [4.69, 9.17) is 0 Å². The molecule has 7 nitrogen and oxygen atoms in total. The number of rotatable bonds is 5. The summed E-state index contributed by atoms with van der Waals surface area (Å²) in [6.07, 6.45) is 9.28. The van der Waals surface area contributed by atoms with Crippen molar-refractivity contribution in [1.29, 1.82) is 0 Å². The van der Waals surface area contributed by atoms with Crippen molar-refractivity contribution in [2.24, 2.45) is 11.8 Å². The molecule has 0 aromatic carbocycles. The van der Waals surface area contributed by atoms with Crippen molar-refractivity contribution < 1.29 is 14.4 Å². The van der Waals surface area contributed by atoms with Gasteiger partial charge in [-0.3, -0.25) is 14.4 Å². The molecule has 29 heavy (non-hydrogen) atoms. The van der Waals surface area contributed by atoms with Gasteiger partial charge in [0.2, 0.25) is 11.8 Å². The number of hydrogen-bond acceptors (Lipinski definition) is 3. The van der Waals surface area contributed by atoms with Crippen molar-refractivity contribution in [2.45, 2.75) is 70.5 Å². The Kier molecular flexibility index (Phi) is 5.65. The summed E-state index contributed by atoms with van der Waals surface area (Å²) in [6, 6.07) is 1.86. The fraction of sp³-hybridized carbons (Fsp3) is 0.682. The van der Waals surface area contributed by atoms with Crippen LogP contribution in [0.4, 0.5) is 0 Å². The number of amides is 3. The van der Waals surface area contributed by atoms with Gasteiger partial charge in [-0.15, -0.1) is 0 Å². The zero-order valence-corrected chi connectivity index (χ0v) is 17.4. The Hall–Kier alpha value is -2.31. The summed E-state index contributed by atoms with van der Waals surface area (Å²) < 4.78 is 0. The van der Waals surface area contributed by atoms with Gasteiger partial charge in [-0.1, -0.05) is 26.7 Å². The molecule has 2 aliphatic heterocycles. The molecule has 2 saturated heterocycles. The van der Waals surface area contributed by atoms with Crippen molar-refractivity contribution in [3.8, 4) is 0 Å². The van der Waals surface area contributed by atoms with Gasteiger partial charge in [0.05, 0.1) is 17.5 Å². The van der Waals surface area contributed by atoms with Gasteiger partial charge in [-0.2, -0.15) is 0 Å². The number of carbonyl (C=O) groups is 3. The molecule has 1 aliphatic carbocycles. The van der Waals surface area contributed by atoms with E-state index in [1.165, 1.54) is 12.8 Å². The molecule has 158 valence electrons. The highest BCUT2D eigenvalue weighted by atomic mass is 16.2. The summed E-state index contributed by atoms with van der Waals surface area (Å²) in [7, 11) is 0. The third-order valence-corrected chi connectivity index (χ3v) is 6.67. The molecule has 3 heterocycles. The Labute approximate surface area is 172 Å². The smallest absolute Gasteiger partial charge is 0.255 e. The van der Waals surface area contributed by atoms with E-state index < -0.39 is 0 Å². The number of piperazine rings is 1. The van der Waals surface area contributed by atoms with Crippen LogP contribution in [0.2, 0.25) is 0 Å². The number of hydrogen-bond donors (Lipinski definition) is 2. The Balaban J connectivity index is 1.50. The number of nitrogens with zero attached hydrogens (tertiary/aromatic N) is 2. The van der Waals surface area contributed by atoms with Crippen molar-refractivity contribution in [2.75, 3.05) is 13.1 Å². The van der Waals surface area contributed by atoms with E-state index in [1.807, 2.05) is 4.90 Å².